The number of benzene rings is 4. The van der Waals surface area contributed by atoms with E-state index in [1.807, 2.05) is 0 Å². The summed E-state index contributed by atoms with van der Waals surface area (Å²) in [6.07, 6.45) is 6.34. The SMILES string of the molecule is CCCCCCc1ccc(-c2ccc(-c3nc(-c4ccc(C)c(C)c4)nc(-c4ccc(C)c(C)c4)n3)cc2)cc1. The van der Waals surface area contributed by atoms with E-state index >= 15 is 0 Å². The van der Waals surface area contributed by atoms with Gasteiger partial charge in [-0.3, -0.25) is 0 Å². The van der Waals surface area contributed by atoms with Gasteiger partial charge in [0, 0.05) is 16.7 Å². The molecule has 0 saturated carbocycles. The van der Waals surface area contributed by atoms with Crippen LogP contribution in [0.2, 0.25) is 0 Å². The Hall–Kier alpha value is -4.11. The van der Waals surface area contributed by atoms with Gasteiger partial charge in [0.15, 0.2) is 17.5 Å². The van der Waals surface area contributed by atoms with Crippen molar-refractivity contribution in [2.24, 2.45) is 0 Å². The average Bonchev–Trinajstić information content (AvgIpc) is 2.98. The molecule has 0 saturated heterocycles. The third kappa shape index (κ3) is 6.37. The highest BCUT2D eigenvalue weighted by Gasteiger charge is 2.14. The molecule has 0 fully saturated rings. The average molecular weight is 526 g/mol. The highest BCUT2D eigenvalue weighted by atomic mass is 15.0. The summed E-state index contributed by atoms with van der Waals surface area (Å²) in [5.41, 5.74) is 11.8. The molecule has 0 aliphatic heterocycles. The maximum Gasteiger partial charge on any atom is 0.164 e. The van der Waals surface area contributed by atoms with Gasteiger partial charge in [-0.25, -0.2) is 15.0 Å². The predicted molar refractivity (Wildman–Crippen MR) is 168 cm³/mol. The fraction of sp³-hybridized carbons (Fsp3) is 0.270. The zero-order valence-corrected chi connectivity index (χ0v) is 24.5. The van der Waals surface area contributed by atoms with Crippen LogP contribution in [0.15, 0.2) is 84.9 Å². The molecule has 0 atom stereocenters. The molecule has 0 N–H and O–H groups in total. The minimum atomic E-state index is 0.686. The normalized spacial score (nSPS) is 11.1. The lowest BCUT2D eigenvalue weighted by molar-refractivity contribution is 0.667. The molecule has 202 valence electrons. The summed E-state index contributed by atoms with van der Waals surface area (Å²) in [6.45, 7) is 10.8. The van der Waals surface area contributed by atoms with Crippen molar-refractivity contribution in [3.8, 4) is 45.3 Å². The van der Waals surface area contributed by atoms with Crippen LogP contribution in [0.5, 0.6) is 0 Å². The summed E-state index contributed by atoms with van der Waals surface area (Å²) in [6, 6.07) is 30.4. The molecule has 0 bridgehead atoms. The lowest BCUT2D eigenvalue weighted by Gasteiger charge is -2.11. The maximum atomic E-state index is 4.94. The predicted octanol–water partition coefficient (Wildman–Crippen LogP) is 9.90. The minimum absolute atomic E-state index is 0.686. The van der Waals surface area contributed by atoms with Crippen LogP contribution in [0.25, 0.3) is 45.3 Å². The number of aromatic nitrogens is 3. The van der Waals surface area contributed by atoms with Crippen LogP contribution < -0.4 is 0 Å². The Labute approximate surface area is 239 Å². The summed E-state index contributed by atoms with van der Waals surface area (Å²) in [7, 11) is 0. The van der Waals surface area contributed by atoms with Gasteiger partial charge in [0.1, 0.15) is 0 Å². The van der Waals surface area contributed by atoms with Crippen LogP contribution in [0, 0.1) is 27.7 Å². The molecular formula is C37H39N3. The van der Waals surface area contributed by atoms with Gasteiger partial charge in [0.05, 0.1) is 0 Å². The van der Waals surface area contributed by atoms with Crippen LogP contribution in [0.4, 0.5) is 0 Å². The fourth-order valence-corrected chi connectivity index (χ4v) is 4.96. The van der Waals surface area contributed by atoms with Crippen molar-refractivity contribution in [1.29, 1.82) is 0 Å². The van der Waals surface area contributed by atoms with Crippen molar-refractivity contribution in [3.63, 3.8) is 0 Å². The zero-order valence-electron chi connectivity index (χ0n) is 24.5. The highest BCUT2D eigenvalue weighted by molar-refractivity contribution is 5.71. The Balaban J connectivity index is 1.47. The fourth-order valence-electron chi connectivity index (χ4n) is 4.96. The first kappa shape index (κ1) is 27.5. The Bertz CT molecular complexity index is 1530. The van der Waals surface area contributed by atoms with E-state index in [9.17, 15) is 0 Å². The lowest BCUT2D eigenvalue weighted by Crippen LogP contribution is -2.01. The molecule has 0 aliphatic carbocycles. The van der Waals surface area contributed by atoms with E-state index in [-0.39, 0.29) is 0 Å². The van der Waals surface area contributed by atoms with Gasteiger partial charge in [-0.2, -0.15) is 0 Å². The summed E-state index contributed by atoms with van der Waals surface area (Å²) in [5.74, 6) is 2.07. The highest BCUT2D eigenvalue weighted by Crippen LogP contribution is 2.29. The van der Waals surface area contributed by atoms with Crippen molar-refractivity contribution in [2.45, 2.75) is 66.7 Å². The summed E-state index contributed by atoms with van der Waals surface area (Å²) in [4.78, 5) is 14.8. The van der Waals surface area contributed by atoms with Gasteiger partial charge < -0.3 is 0 Å². The third-order valence-electron chi connectivity index (χ3n) is 7.91. The molecule has 5 aromatic rings. The quantitative estimate of drug-likeness (QED) is 0.180. The zero-order chi connectivity index (χ0) is 28.1. The Morgan fingerprint density at radius 3 is 1.32 bits per heavy atom. The van der Waals surface area contributed by atoms with Crippen LogP contribution >= 0.6 is 0 Å². The van der Waals surface area contributed by atoms with Crippen LogP contribution in [-0.4, -0.2) is 15.0 Å². The number of nitrogens with zero attached hydrogens (tertiary/aromatic N) is 3. The number of rotatable bonds is 9. The van der Waals surface area contributed by atoms with E-state index in [2.05, 4.69) is 120 Å². The molecule has 0 aliphatic rings. The van der Waals surface area contributed by atoms with E-state index in [0.717, 1.165) is 23.1 Å². The first-order valence-corrected chi connectivity index (χ1v) is 14.5. The van der Waals surface area contributed by atoms with Gasteiger partial charge in [-0.15, -0.1) is 0 Å². The second-order valence-electron chi connectivity index (χ2n) is 11.0. The number of hydrogen-bond donors (Lipinski definition) is 0. The molecule has 0 radical (unpaired) electrons. The molecule has 0 unspecified atom stereocenters. The minimum Gasteiger partial charge on any atom is -0.208 e. The monoisotopic (exact) mass is 525 g/mol. The van der Waals surface area contributed by atoms with Crippen LogP contribution in [0.1, 0.15) is 60.4 Å². The summed E-state index contributed by atoms with van der Waals surface area (Å²) in [5, 5.41) is 0. The molecule has 0 spiro atoms. The molecule has 3 nitrogen and oxygen atoms in total. The largest absolute Gasteiger partial charge is 0.208 e. The lowest BCUT2D eigenvalue weighted by atomic mass is 10.00. The first-order valence-electron chi connectivity index (χ1n) is 14.5. The second kappa shape index (κ2) is 12.4. The van der Waals surface area contributed by atoms with E-state index in [1.54, 1.807) is 0 Å². The van der Waals surface area contributed by atoms with E-state index in [4.69, 9.17) is 15.0 Å². The first-order chi connectivity index (χ1) is 19.4. The van der Waals surface area contributed by atoms with Gasteiger partial charge in [0.2, 0.25) is 0 Å². The Morgan fingerprint density at radius 2 is 0.850 bits per heavy atom. The van der Waals surface area contributed by atoms with Crippen molar-refractivity contribution in [3.05, 3.63) is 113 Å². The molecule has 3 heteroatoms. The second-order valence-corrected chi connectivity index (χ2v) is 11.0. The third-order valence-corrected chi connectivity index (χ3v) is 7.91. The van der Waals surface area contributed by atoms with Crippen molar-refractivity contribution in [1.82, 2.24) is 15.0 Å². The molecule has 1 aromatic heterocycles. The van der Waals surface area contributed by atoms with Crippen LogP contribution in [-0.2, 0) is 6.42 Å². The van der Waals surface area contributed by atoms with Crippen molar-refractivity contribution >= 4 is 0 Å². The van der Waals surface area contributed by atoms with Gasteiger partial charge in [-0.05, 0) is 91.6 Å². The van der Waals surface area contributed by atoms with Gasteiger partial charge in [-0.1, -0.05) is 99.0 Å². The van der Waals surface area contributed by atoms with Gasteiger partial charge in [0.25, 0.3) is 0 Å². The Morgan fingerprint density at radius 1 is 0.425 bits per heavy atom. The molecule has 1 heterocycles. The summed E-state index contributed by atoms with van der Waals surface area (Å²) < 4.78 is 0. The molecule has 0 amide bonds. The van der Waals surface area contributed by atoms with E-state index in [0.29, 0.717) is 17.5 Å². The van der Waals surface area contributed by atoms with Crippen molar-refractivity contribution in [2.75, 3.05) is 0 Å². The molecular weight excluding hydrogens is 486 g/mol. The smallest absolute Gasteiger partial charge is 0.164 e. The number of hydrogen-bond acceptors (Lipinski definition) is 3. The molecule has 5 rings (SSSR count). The number of unbranched alkanes of at least 4 members (excludes halogenated alkanes) is 3. The maximum absolute atomic E-state index is 4.94. The Kier molecular flexibility index (Phi) is 8.50. The molecule has 4 aromatic carbocycles. The topological polar surface area (TPSA) is 38.7 Å². The summed E-state index contributed by atoms with van der Waals surface area (Å²) >= 11 is 0. The standard InChI is InChI=1S/C37H39N3/c1-6-7-8-9-10-29-13-17-30(18-14-29)31-19-21-32(22-20-31)35-38-36(33-15-11-25(2)27(4)23-33)40-37(39-35)34-16-12-26(3)28(5)24-34/h11-24H,6-10H2,1-5H3. The van der Waals surface area contributed by atoms with Crippen molar-refractivity contribution < 1.29 is 0 Å². The van der Waals surface area contributed by atoms with E-state index < -0.39 is 0 Å². The van der Waals surface area contributed by atoms with E-state index in [1.165, 1.54) is 64.6 Å². The molecule has 40 heavy (non-hydrogen) atoms. The number of aryl methyl sites for hydroxylation is 5. The van der Waals surface area contributed by atoms with Crippen LogP contribution in [0.3, 0.4) is 0 Å². The van der Waals surface area contributed by atoms with Gasteiger partial charge >= 0.3 is 0 Å².